The Bertz CT molecular complexity index is 364. The molecule has 1 aromatic carbocycles. The monoisotopic (exact) mass is 276 g/mol. The molecule has 4 heteroatoms. The molecule has 1 aromatic rings. The van der Waals surface area contributed by atoms with Crippen LogP contribution in [0.4, 0.5) is 8.78 Å². The van der Waals surface area contributed by atoms with E-state index in [-0.39, 0.29) is 0 Å². The topological polar surface area (TPSA) is 9.23 Å². The number of alkyl halides is 1. The van der Waals surface area contributed by atoms with Crippen LogP contribution in [0.15, 0.2) is 18.2 Å². The van der Waals surface area contributed by atoms with Crippen molar-refractivity contribution in [1.29, 1.82) is 0 Å². The number of halogens is 3. The number of methoxy groups -OCH3 is 1. The van der Waals surface area contributed by atoms with Gasteiger partial charge in [-0.2, -0.15) is 0 Å². The van der Waals surface area contributed by atoms with E-state index >= 15 is 0 Å². The summed E-state index contributed by atoms with van der Waals surface area (Å²) in [5.74, 6) is -1.43. The summed E-state index contributed by atoms with van der Waals surface area (Å²) >= 11 is 3.27. The Morgan fingerprint density at radius 2 is 2.00 bits per heavy atom. The molecule has 0 aliphatic rings. The first kappa shape index (κ1) is 12.2. The average Bonchev–Trinajstić information content (AvgIpc) is 2.23. The molecule has 0 aliphatic carbocycles. The lowest BCUT2D eigenvalue weighted by Crippen LogP contribution is -1.92. The highest BCUT2D eigenvalue weighted by molar-refractivity contribution is 9.09. The van der Waals surface area contributed by atoms with Crippen molar-refractivity contribution < 1.29 is 13.5 Å². The summed E-state index contributed by atoms with van der Waals surface area (Å²) in [6, 6.07) is 2.17. The number of benzene rings is 1. The molecule has 0 aromatic heterocycles. The number of hydrogen-bond acceptors (Lipinski definition) is 1. The van der Waals surface area contributed by atoms with E-state index in [2.05, 4.69) is 15.9 Å². The van der Waals surface area contributed by atoms with E-state index in [4.69, 9.17) is 4.74 Å². The molecule has 82 valence electrons. The van der Waals surface area contributed by atoms with Crippen molar-refractivity contribution in [3.63, 3.8) is 0 Å². The van der Waals surface area contributed by atoms with Gasteiger partial charge in [0.25, 0.3) is 0 Å². The van der Waals surface area contributed by atoms with Gasteiger partial charge < -0.3 is 4.74 Å². The molecule has 1 nitrogen and oxygen atoms in total. The van der Waals surface area contributed by atoms with E-state index < -0.39 is 11.6 Å². The quantitative estimate of drug-likeness (QED) is 0.761. The van der Waals surface area contributed by atoms with E-state index in [1.54, 1.807) is 6.08 Å². The van der Waals surface area contributed by atoms with Gasteiger partial charge in [0.15, 0.2) is 11.6 Å². The summed E-state index contributed by atoms with van der Waals surface area (Å²) in [5, 5.41) is 0.829. The van der Waals surface area contributed by atoms with Gasteiger partial charge in [-0.3, -0.25) is 0 Å². The summed E-state index contributed by atoms with van der Waals surface area (Å²) in [6.07, 6.45) is 4.40. The molecule has 0 heterocycles. The third-order valence-electron chi connectivity index (χ3n) is 1.85. The molecule has 0 saturated heterocycles. The third-order valence-corrected chi connectivity index (χ3v) is 2.30. The van der Waals surface area contributed by atoms with Crippen molar-refractivity contribution in [3.8, 4) is 5.75 Å². The minimum atomic E-state index is -0.899. The zero-order chi connectivity index (χ0) is 11.3. The normalized spacial score (nSPS) is 10.9. The zero-order valence-electron chi connectivity index (χ0n) is 8.27. The second-order valence-corrected chi connectivity index (χ2v) is 3.68. The minimum Gasteiger partial charge on any atom is -0.496 e. The maximum Gasteiger partial charge on any atom is 0.162 e. The van der Waals surface area contributed by atoms with Crippen molar-refractivity contribution in [2.45, 2.75) is 6.42 Å². The van der Waals surface area contributed by atoms with Crippen molar-refractivity contribution >= 4 is 22.0 Å². The van der Waals surface area contributed by atoms with Gasteiger partial charge in [0, 0.05) is 17.0 Å². The zero-order valence-corrected chi connectivity index (χ0v) is 9.85. The van der Waals surface area contributed by atoms with Crippen LogP contribution in [0, 0.1) is 11.6 Å². The first-order chi connectivity index (χ1) is 7.19. The van der Waals surface area contributed by atoms with Crippen LogP contribution < -0.4 is 4.74 Å². The number of allylic oxidation sites excluding steroid dienone is 1. The van der Waals surface area contributed by atoms with Gasteiger partial charge in [-0.1, -0.05) is 28.1 Å². The van der Waals surface area contributed by atoms with Gasteiger partial charge in [-0.25, -0.2) is 8.78 Å². The molecular weight excluding hydrogens is 266 g/mol. The van der Waals surface area contributed by atoms with Gasteiger partial charge in [0.1, 0.15) is 5.75 Å². The van der Waals surface area contributed by atoms with Gasteiger partial charge in [-0.15, -0.1) is 0 Å². The fraction of sp³-hybridized carbons (Fsp3) is 0.273. The summed E-state index contributed by atoms with van der Waals surface area (Å²) in [6.45, 7) is 0. The van der Waals surface area contributed by atoms with E-state index in [0.29, 0.717) is 11.3 Å². The number of hydrogen-bond donors (Lipinski definition) is 0. The minimum absolute atomic E-state index is 0.333. The molecule has 0 atom stereocenters. The maximum absolute atomic E-state index is 12.9. The van der Waals surface area contributed by atoms with Crippen molar-refractivity contribution in [3.05, 3.63) is 35.4 Å². The molecule has 1 rings (SSSR count). The molecule has 0 amide bonds. The van der Waals surface area contributed by atoms with Crippen LogP contribution in [0.25, 0.3) is 6.08 Å². The third kappa shape index (κ3) is 3.30. The number of rotatable bonds is 4. The SMILES string of the molecule is COc1cc(F)c(F)cc1C=CCCBr. The largest absolute Gasteiger partial charge is 0.496 e. The predicted octanol–water partition coefficient (Wildman–Crippen LogP) is 3.77. The Balaban J connectivity index is 2.99. The molecule has 0 bridgehead atoms. The Kier molecular flexibility index (Phi) is 4.75. The Morgan fingerprint density at radius 1 is 1.33 bits per heavy atom. The lowest BCUT2D eigenvalue weighted by atomic mass is 10.1. The van der Waals surface area contributed by atoms with Crippen molar-refractivity contribution in [2.24, 2.45) is 0 Å². The highest BCUT2D eigenvalue weighted by atomic mass is 79.9. The molecule has 15 heavy (non-hydrogen) atoms. The summed E-state index contributed by atoms with van der Waals surface area (Å²) in [5.41, 5.74) is 0.539. The fourth-order valence-electron chi connectivity index (χ4n) is 1.12. The van der Waals surface area contributed by atoms with Crippen LogP contribution >= 0.6 is 15.9 Å². The number of ether oxygens (including phenoxy) is 1. The summed E-state index contributed by atoms with van der Waals surface area (Å²) < 4.78 is 30.7. The first-order valence-corrected chi connectivity index (χ1v) is 5.56. The van der Waals surface area contributed by atoms with Gasteiger partial charge in [0.05, 0.1) is 7.11 Å². The Labute approximate surface area is 95.9 Å². The van der Waals surface area contributed by atoms with Gasteiger partial charge >= 0.3 is 0 Å². The van der Waals surface area contributed by atoms with E-state index in [1.807, 2.05) is 6.08 Å². The van der Waals surface area contributed by atoms with Crippen LogP contribution in [0.3, 0.4) is 0 Å². The average molecular weight is 277 g/mol. The lowest BCUT2D eigenvalue weighted by Gasteiger charge is -2.05. The highest BCUT2D eigenvalue weighted by Crippen LogP contribution is 2.23. The van der Waals surface area contributed by atoms with Crippen LogP contribution in [0.5, 0.6) is 5.75 Å². The lowest BCUT2D eigenvalue weighted by molar-refractivity contribution is 0.405. The highest BCUT2D eigenvalue weighted by Gasteiger charge is 2.07. The molecule has 0 fully saturated rings. The molecule has 0 radical (unpaired) electrons. The smallest absolute Gasteiger partial charge is 0.162 e. The van der Waals surface area contributed by atoms with Gasteiger partial charge in [0.2, 0.25) is 0 Å². The van der Waals surface area contributed by atoms with Crippen LogP contribution in [0.2, 0.25) is 0 Å². The van der Waals surface area contributed by atoms with E-state index in [9.17, 15) is 8.78 Å². The molecule has 0 unspecified atom stereocenters. The van der Waals surface area contributed by atoms with Crippen molar-refractivity contribution in [2.75, 3.05) is 12.4 Å². The first-order valence-electron chi connectivity index (χ1n) is 4.44. The molecule has 0 N–H and O–H groups in total. The van der Waals surface area contributed by atoms with Crippen molar-refractivity contribution in [1.82, 2.24) is 0 Å². The van der Waals surface area contributed by atoms with Crippen LogP contribution in [-0.4, -0.2) is 12.4 Å². The second-order valence-electron chi connectivity index (χ2n) is 2.89. The summed E-state index contributed by atoms with van der Waals surface area (Å²) in [4.78, 5) is 0. The maximum atomic E-state index is 12.9. The van der Waals surface area contributed by atoms with Crippen LogP contribution in [-0.2, 0) is 0 Å². The predicted molar refractivity (Wildman–Crippen MR) is 60.4 cm³/mol. The molecule has 0 saturated carbocycles. The molecule has 0 aliphatic heterocycles. The van der Waals surface area contributed by atoms with Crippen LogP contribution in [0.1, 0.15) is 12.0 Å². The Morgan fingerprint density at radius 3 is 2.60 bits per heavy atom. The van der Waals surface area contributed by atoms with E-state index in [0.717, 1.165) is 23.9 Å². The molecular formula is C11H11BrF2O. The second kappa shape index (κ2) is 5.85. The standard InChI is InChI=1S/C11H11BrF2O/c1-15-11-7-10(14)9(13)6-8(11)4-2-3-5-12/h2,4,6-7H,3,5H2,1H3. The fourth-order valence-corrected chi connectivity index (χ4v) is 1.39. The molecule has 0 spiro atoms. The van der Waals surface area contributed by atoms with Gasteiger partial charge in [-0.05, 0) is 12.5 Å². The Hall–Kier alpha value is -0.900. The van der Waals surface area contributed by atoms with E-state index in [1.165, 1.54) is 7.11 Å². The summed E-state index contributed by atoms with van der Waals surface area (Å²) in [7, 11) is 1.43.